The minimum absolute atomic E-state index is 0.0953. The first-order valence-corrected chi connectivity index (χ1v) is 11.8. The van der Waals surface area contributed by atoms with Gasteiger partial charge in [-0.15, -0.1) is 0 Å². The molecule has 3 rings (SSSR count). The van der Waals surface area contributed by atoms with Crippen molar-refractivity contribution in [2.75, 3.05) is 44.7 Å². The third kappa shape index (κ3) is 5.23. The molecular weight excluding hydrogens is 405 g/mol. The Bertz CT molecular complexity index is 794. The second kappa shape index (κ2) is 9.07. The minimum atomic E-state index is -3.00. The molecule has 2 unspecified atom stereocenters. The van der Waals surface area contributed by atoms with Crippen LogP contribution >= 0.6 is 11.6 Å². The molecule has 156 valence electrons. The smallest absolute Gasteiger partial charge is 0.234 e. The van der Waals surface area contributed by atoms with Gasteiger partial charge in [-0.05, 0) is 51.5 Å². The van der Waals surface area contributed by atoms with E-state index in [9.17, 15) is 17.6 Å². The molecule has 28 heavy (non-hydrogen) atoms. The number of rotatable bonds is 7. The molecule has 1 amide bonds. The zero-order valence-corrected chi connectivity index (χ0v) is 17.6. The summed E-state index contributed by atoms with van der Waals surface area (Å²) >= 11 is 6.27. The summed E-state index contributed by atoms with van der Waals surface area (Å²) in [6, 6.07) is 4.17. The van der Waals surface area contributed by atoms with Crippen molar-refractivity contribution >= 4 is 27.3 Å². The standard InChI is InChI=1S/C19H27ClFN3O3S/c1-23(14-7-10-28(26,27)13-14)12-18(25)22-11-17(24-8-2-3-9-24)19-15(20)5-4-6-16(19)21/h4-6,14,17H,2-3,7-13H2,1H3,(H,22,25). The SMILES string of the molecule is CN(CC(=O)NCC(c1c(F)cccc1Cl)N1CCCC1)C1CCS(=O)(=O)C1. The topological polar surface area (TPSA) is 69.7 Å². The third-order valence-electron chi connectivity index (χ3n) is 5.63. The maximum atomic E-state index is 14.5. The van der Waals surface area contributed by atoms with Crippen molar-refractivity contribution in [1.82, 2.24) is 15.1 Å². The lowest BCUT2D eigenvalue weighted by Crippen LogP contribution is -2.44. The van der Waals surface area contributed by atoms with Gasteiger partial charge in [-0.3, -0.25) is 14.6 Å². The van der Waals surface area contributed by atoms with E-state index < -0.39 is 9.84 Å². The van der Waals surface area contributed by atoms with Gasteiger partial charge < -0.3 is 5.32 Å². The normalized spacial score (nSPS) is 23.2. The molecule has 0 spiro atoms. The van der Waals surface area contributed by atoms with Crippen molar-refractivity contribution in [2.45, 2.75) is 31.3 Å². The number of hydrogen-bond acceptors (Lipinski definition) is 5. The average Bonchev–Trinajstić information content (AvgIpc) is 3.27. The van der Waals surface area contributed by atoms with E-state index in [0.717, 1.165) is 25.9 Å². The number of amides is 1. The first-order valence-electron chi connectivity index (χ1n) is 9.62. The third-order valence-corrected chi connectivity index (χ3v) is 7.71. The van der Waals surface area contributed by atoms with E-state index in [1.54, 1.807) is 24.1 Å². The lowest BCUT2D eigenvalue weighted by Gasteiger charge is -2.30. The van der Waals surface area contributed by atoms with E-state index in [2.05, 4.69) is 10.2 Å². The Morgan fingerprint density at radius 1 is 1.39 bits per heavy atom. The molecule has 0 saturated carbocycles. The molecule has 2 fully saturated rings. The Labute approximate surface area is 170 Å². The van der Waals surface area contributed by atoms with Gasteiger partial charge in [0, 0.05) is 23.2 Å². The Kier molecular flexibility index (Phi) is 6.96. The summed E-state index contributed by atoms with van der Waals surface area (Å²) in [4.78, 5) is 16.4. The van der Waals surface area contributed by atoms with E-state index in [-0.39, 0.29) is 48.4 Å². The van der Waals surface area contributed by atoms with Crippen LogP contribution in [0.15, 0.2) is 18.2 Å². The molecule has 2 heterocycles. The second-order valence-corrected chi connectivity index (χ2v) is 10.3. The fourth-order valence-corrected chi connectivity index (χ4v) is 6.14. The Morgan fingerprint density at radius 2 is 2.11 bits per heavy atom. The maximum absolute atomic E-state index is 14.5. The van der Waals surface area contributed by atoms with Crippen LogP contribution in [-0.4, -0.2) is 74.9 Å². The van der Waals surface area contributed by atoms with Gasteiger partial charge in [0.2, 0.25) is 5.91 Å². The van der Waals surface area contributed by atoms with E-state index in [1.807, 2.05) is 0 Å². The summed E-state index contributed by atoms with van der Waals surface area (Å²) in [6.45, 7) is 2.05. The molecule has 1 N–H and O–H groups in total. The molecule has 2 aliphatic heterocycles. The van der Waals surface area contributed by atoms with E-state index in [4.69, 9.17) is 11.6 Å². The van der Waals surface area contributed by atoms with Crippen molar-refractivity contribution in [2.24, 2.45) is 0 Å². The van der Waals surface area contributed by atoms with Crippen LogP contribution in [0.2, 0.25) is 5.02 Å². The molecule has 2 saturated heterocycles. The summed E-state index contributed by atoms with van der Waals surface area (Å²) in [5.74, 6) is -0.305. The number of nitrogens with one attached hydrogen (secondary N) is 1. The molecule has 1 aromatic carbocycles. The quantitative estimate of drug-likeness (QED) is 0.713. The first-order chi connectivity index (χ1) is 13.3. The van der Waals surface area contributed by atoms with Gasteiger partial charge in [-0.2, -0.15) is 0 Å². The summed E-state index contributed by atoms with van der Waals surface area (Å²) in [5, 5.41) is 3.25. The van der Waals surface area contributed by atoms with Gasteiger partial charge in [0.15, 0.2) is 9.84 Å². The van der Waals surface area contributed by atoms with Crippen molar-refractivity contribution < 1.29 is 17.6 Å². The zero-order valence-electron chi connectivity index (χ0n) is 16.0. The van der Waals surface area contributed by atoms with Crippen LogP contribution in [0.4, 0.5) is 4.39 Å². The Hall–Kier alpha value is -1.22. The fourth-order valence-electron chi connectivity index (χ4n) is 4.04. The second-order valence-electron chi connectivity index (χ2n) is 7.67. The highest BCUT2D eigenvalue weighted by atomic mass is 35.5. The van der Waals surface area contributed by atoms with Gasteiger partial charge in [-0.1, -0.05) is 17.7 Å². The summed E-state index contributed by atoms with van der Waals surface area (Å²) in [5.41, 5.74) is 0.418. The van der Waals surface area contributed by atoms with Crippen LogP contribution in [0.1, 0.15) is 30.9 Å². The molecule has 6 nitrogen and oxygen atoms in total. The molecule has 0 radical (unpaired) electrons. The van der Waals surface area contributed by atoms with Crippen molar-refractivity contribution in [1.29, 1.82) is 0 Å². The molecule has 2 aliphatic rings. The zero-order chi connectivity index (χ0) is 20.3. The lowest BCUT2D eigenvalue weighted by molar-refractivity contribution is -0.122. The monoisotopic (exact) mass is 431 g/mol. The number of likely N-dealkylation sites (N-methyl/N-ethyl adjacent to an activating group) is 1. The van der Waals surface area contributed by atoms with Crippen molar-refractivity contribution in [3.63, 3.8) is 0 Å². The van der Waals surface area contributed by atoms with Crippen LogP contribution < -0.4 is 5.32 Å². The Balaban J connectivity index is 1.63. The predicted molar refractivity (Wildman–Crippen MR) is 108 cm³/mol. The maximum Gasteiger partial charge on any atom is 0.234 e. The number of carbonyl (C=O) groups is 1. The van der Waals surface area contributed by atoms with E-state index >= 15 is 0 Å². The Morgan fingerprint density at radius 3 is 2.71 bits per heavy atom. The van der Waals surface area contributed by atoms with Crippen LogP contribution in [0.5, 0.6) is 0 Å². The van der Waals surface area contributed by atoms with Gasteiger partial charge in [0.05, 0.1) is 24.1 Å². The fraction of sp³-hybridized carbons (Fsp3) is 0.632. The van der Waals surface area contributed by atoms with Gasteiger partial charge in [0.25, 0.3) is 0 Å². The van der Waals surface area contributed by atoms with Gasteiger partial charge >= 0.3 is 0 Å². The first kappa shape index (κ1) is 21.5. The molecule has 9 heteroatoms. The molecule has 0 bridgehead atoms. The average molecular weight is 432 g/mol. The molecule has 2 atom stereocenters. The number of halogens is 2. The minimum Gasteiger partial charge on any atom is -0.353 e. The van der Waals surface area contributed by atoms with Crippen LogP contribution in [0, 0.1) is 5.82 Å². The number of hydrogen-bond donors (Lipinski definition) is 1. The highest BCUT2D eigenvalue weighted by Gasteiger charge is 2.32. The van der Waals surface area contributed by atoms with Crippen LogP contribution in [0.25, 0.3) is 0 Å². The van der Waals surface area contributed by atoms with E-state index in [1.165, 1.54) is 6.07 Å². The molecule has 0 aliphatic carbocycles. The highest BCUT2D eigenvalue weighted by molar-refractivity contribution is 7.91. The number of benzene rings is 1. The lowest BCUT2D eigenvalue weighted by atomic mass is 10.0. The number of carbonyl (C=O) groups excluding carboxylic acids is 1. The largest absolute Gasteiger partial charge is 0.353 e. The number of likely N-dealkylation sites (tertiary alicyclic amines) is 1. The summed E-state index contributed by atoms with van der Waals surface area (Å²) < 4.78 is 37.7. The van der Waals surface area contributed by atoms with Crippen LogP contribution in [-0.2, 0) is 14.6 Å². The van der Waals surface area contributed by atoms with E-state index in [0.29, 0.717) is 17.0 Å². The molecular formula is C19H27ClFN3O3S. The van der Waals surface area contributed by atoms with Gasteiger partial charge in [0.1, 0.15) is 5.82 Å². The summed E-state index contributed by atoms with van der Waals surface area (Å²) in [7, 11) is -1.23. The van der Waals surface area contributed by atoms with Crippen molar-refractivity contribution in [3.05, 3.63) is 34.6 Å². The molecule has 1 aromatic rings. The van der Waals surface area contributed by atoms with Crippen molar-refractivity contribution in [3.8, 4) is 0 Å². The molecule has 0 aromatic heterocycles. The number of nitrogens with zero attached hydrogens (tertiary/aromatic N) is 2. The summed E-state index contributed by atoms with van der Waals surface area (Å²) in [6.07, 6.45) is 2.62. The van der Waals surface area contributed by atoms with Gasteiger partial charge in [-0.25, -0.2) is 12.8 Å². The number of sulfone groups is 1. The van der Waals surface area contributed by atoms with Crippen LogP contribution in [0.3, 0.4) is 0 Å². The highest BCUT2D eigenvalue weighted by Crippen LogP contribution is 2.32. The predicted octanol–water partition coefficient (Wildman–Crippen LogP) is 1.85.